The van der Waals surface area contributed by atoms with E-state index < -0.39 is 0 Å². The highest BCUT2D eigenvalue weighted by Gasteiger charge is 2.17. The number of piperidine rings is 1. The maximum atomic E-state index is 6.15. The molecule has 1 aliphatic rings. The summed E-state index contributed by atoms with van der Waals surface area (Å²) in [7, 11) is 3.96. The van der Waals surface area contributed by atoms with Gasteiger partial charge in [0.1, 0.15) is 11.6 Å². The van der Waals surface area contributed by atoms with E-state index in [4.69, 9.17) is 23.2 Å². The number of pyridine rings is 1. The zero-order valence-electron chi connectivity index (χ0n) is 11.3. The molecule has 1 aromatic rings. The maximum Gasteiger partial charge on any atom is 0.147 e. The van der Waals surface area contributed by atoms with E-state index >= 15 is 0 Å². The van der Waals surface area contributed by atoms with Gasteiger partial charge in [-0.25, -0.2) is 4.98 Å². The molecule has 4 nitrogen and oxygen atoms in total. The Morgan fingerprint density at radius 3 is 2.53 bits per heavy atom. The lowest BCUT2D eigenvalue weighted by Gasteiger charge is -2.29. The first-order chi connectivity index (χ1) is 9.10. The molecule has 0 radical (unpaired) electrons. The molecule has 1 aromatic heterocycles. The minimum absolute atomic E-state index is 0.539. The molecule has 0 unspecified atom stereocenters. The Balaban J connectivity index is 1.95. The van der Waals surface area contributed by atoms with Crippen LogP contribution in [-0.4, -0.2) is 43.6 Å². The monoisotopic (exact) mass is 302 g/mol. The molecule has 6 heteroatoms. The Morgan fingerprint density at radius 1 is 1.26 bits per heavy atom. The van der Waals surface area contributed by atoms with Crippen LogP contribution in [0.4, 0.5) is 11.6 Å². The molecule has 106 valence electrons. The average Bonchev–Trinajstić information content (AvgIpc) is 2.40. The number of nitrogens with zero attached hydrogens (tertiary/aromatic N) is 2. The van der Waals surface area contributed by atoms with E-state index in [2.05, 4.69) is 27.6 Å². The molecular formula is C13H20Cl2N4. The van der Waals surface area contributed by atoms with Crippen LogP contribution in [0.3, 0.4) is 0 Å². The number of aromatic nitrogens is 1. The number of hydrogen-bond acceptors (Lipinski definition) is 4. The molecule has 2 rings (SSSR count). The van der Waals surface area contributed by atoms with Gasteiger partial charge in [0.15, 0.2) is 0 Å². The van der Waals surface area contributed by atoms with Gasteiger partial charge >= 0.3 is 0 Å². The highest BCUT2D eigenvalue weighted by molar-refractivity contribution is 6.37. The summed E-state index contributed by atoms with van der Waals surface area (Å²) in [5.41, 5.74) is 0. The first-order valence-electron chi connectivity index (χ1n) is 6.56. The van der Waals surface area contributed by atoms with Crippen LogP contribution in [0.5, 0.6) is 0 Å². The van der Waals surface area contributed by atoms with Crippen molar-refractivity contribution in [2.45, 2.75) is 12.8 Å². The van der Waals surface area contributed by atoms with Crippen LogP contribution in [0.2, 0.25) is 10.0 Å². The first kappa shape index (κ1) is 14.7. The fourth-order valence-electron chi connectivity index (χ4n) is 2.27. The molecule has 0 aliphatic carbocycles. The van der Waals surface area contributed by atoms with Crippen molar-refractivity contribution in [2.75, 3.05) is 44.4 Å². The number of hydrogen-bond donors (Lipinski definition) is 2. The van der Waals surface area contributed by atoms with E-state index in [1.54, 1.807) is 13.1 Å². The van der Waals surface area contributed by atoms with E-state index in [1.165, 1.54) is 12.8 Å². The van der Waals surface area contributed by atoms with E-state index in [0.29, 0.717) is 27.6 Å². The number of anilines is 2. The fourth-order valence-corrected chi connectivity index (χ4v) is 2.79. The Hall–Kier alpha value is -0.710. The molecule has 0 aromatic carbocycles. The zero-order valence-corrected chi connectivity index (χ0v) is 12.9. The van der Waals surface area contributed by atoms with Gasteiger partial charge in [-0.3, -0.25) is 0 Å². The molecule has 0 saturated carbocycles. The van der Waals surface area contributed by atoms with Crippen molar-refractivity contribution >= 4 is 34.8 Å². The smallest absolute Gasteiger partial charge is 0.147 e. The molecule has 0 amide bonds. The number of likely N-dealkylation sites (tertiary alicyclic amines) is 1. The van der Waals surface area contributed by atoms with Crippen molar-refractivity contribution in [3.63, 3.8) is 0 Å². The third-order valence-corrected chi connectivity index (χ3v) is 4.14. The van der Waals surface area contributed by atoms with Gasteiger partial charge in [-0.1, -0.05) is 23.2 Å². The van der Waals surface area contributed by atoms with Crippen molar-refractivity contribution in [2.24, 2.45) is 5.92 Å². The summed E-state index contributed by atoms with van der Waals surface area (Å²) in [6.07, 6.45) is 2.43. The van der Waals surface area contributed by atoms with E-state index in [-0.39, 0.29) is 0 Å². The van der Waals surface area contributed by atoms with Gasteiger partial charge in [-0.05, 0) is 45.0 Å². The minimum atomic E-state index is 0.539. The molecule has 0 spiro atoms. The Bertz CT molecular complexity index is 431. The van der Waals surface area contributed by atoms with Crippen molar-refractivity contribution in [1.82, 2.24) is 9.88 Å². The number of halogens is 2. The van der Waals surface area contributed by atoms with E-state index in [0.717, 1.165) is 19.6 Å². The second-order valence-corrected chi connectivity index (χ2v) is 5.84. The van der Waals surface area contributed by atoms with E-state index in [1.807, 2.05) is 0 Å². The quantitative estimate of drug-likeness (QED) is 0.896. The number of nitrogens with one attached hydrogen (secondary N) is 2. The summed E-state index contributed by atoms with van der Waals surface area (Å²) in [5.74, 6) is 2.04. The van der Waals surface area contributed by atoms with Crippen LogP contribution in [0.25, 0.3) is 0 Å². The second kappa shape index (κ2) is 6.64. The van der Waals surface area contributed by atoms with E-state index in [9.17, 15) is 0 Å². The van der Waals surface area contributed by atoms with Gasteiger partial charge in [0.25, 0.3) is 0 Å². The molecular weight excluding hydrogens is 283 g/mol. The molecule has 0 atom stereocenters. The molecule has 2 heterocycles. The predicted molar refractivity (Wildman–Crippen MR) is 82.5 cm³/mol. The lowest BCUT2D eigenvalue weighted by molar-refractivity contribution is 0.226. The normalized spacial score (nSPS) is 17.5. The first-order valence-corrected chi connectivity index (χ1v) is 7.32. The molecule has 2 N–H and O–H groups in total. The van der Waals surface area contributed by atoms with Gasteiger partial charge in [-0.15, -0.1) is 0 Å². The van der Waals surface area contributed by atoms with Crippen molar-refractivity contribution in [3.8, 4) is 0 Å². The molecule has 1 aliphatic heterocycles. The molecule has 1 saturated heterocycles. The fraction of sp³-hybridized carbons (Fsp3) is 0.615. The largest absolute Gasteiger partial charge is 0.372 e. The summed E-state index contributed by atoms with van der Waals surface area (Å²) >= 11 is 12.2. The standard InChI is InChI=1S/C13H20Cl2N4/c1-16-12-10(14)7-11(15)13(18-12)17-8-9-3-5-19(2)6-4-9/h7,9H,3-6,8H2,1-2H3,(H2,16,17,18). The Kier molecular flexibility index (Phi) is 5.13. The summed E-state index contributed by atoms with van der Waals surface area (Å²) in [4.78, 5) is 6.76. The van der Waals surface area contributed by atoms with Gasteiger partial charge in [0.2, 0.25) is 0 Å². The topological polar surface area (TPSA) is 40.2 Å². The molecule has 19 heavy (non-hydrogen) atoms. The second-order valence-electron chi connectivity index (χ2n) is 5.03. The van der Waals surface area contributed by atoms with Gasteiger partial charge < -0.3 is 15.5 Å². The van der Waals surface area contributed by atoms with Crippen molar-refractivity contribution < 1.29 is 0 Å². The van der Waals surface area contributed by atoms with Crippen LogP contribution in [0, 0.1) is 5.92 Å². The zero-order chi connectivity index (χ0) is 13.8. The lowest BCUT2D eigenvalue weighted by atomic mass is 9.97. The van der Waals surface area contributed by atoms with Gasteiger partial charge in [-0.2, -0.15) is 0 Å². The molecule has 0 bridgehead atoms. The van der Waals surface area contributed by atoms with Crippen LogP contribution in [0.1, 0.15) is 12.8 Å². The van der Waals surface area contributed by atoms with Crippen LogP contribution < -0.4 is 10.6 Å². The van der Waals surface area contributed by atoms with Gasteiger partial charge in [0.05, 0.1) is 10.0 Å². The third-order valence-electron chi connectivity index (χ3n) is 3.56. The minimum Gasteiger partial charge on any atom is -0.372 e. The summed E-state index contributed by atoms with van der Waals surface area (Å²) in [6, 6.07) is 1.72. The third kappa shape index (κ3) is 3.88. The Labute approximate surface area is 124 Å². The predicted octanol–water partition coefficient (Wildman–Crippen LogP) is 3.18. The van der Waals surface area contributed by atoms with Crippen molar-refractivity contribution in [1.29, 1.82) is 0 Å². The van der Waals surface area contributed by atoms with Crippen LogP contribution in [0.15, 0.2) is 6.07 Å². The number of rotatable bonds is 4. The van der Waals surface area contributed by atoms with Gasteiger partial charge in [0, 0.05) is 13.6 Å². The molecule has 1 fully saturated rings. The highest BCUT2D eigenvalue weighted by atomic mass is 35.5. The van der Waals surface area contributed by atoms with Crippen LogP contribution >= 0.6 is 23.2 Å². The summed E-state index contributed by atoms with van der Waals surface area (Å²) < 4.78 is 0. The van der Waals surface area contributed by atoms with Crippen LogP contribution in [-0.2, 0) is 0 Å². The average molecular weight is 303 g/mol. The SMILES string of the molecule is CNc1nc(NCC2CCN(C)CC2)c(Cl)cc1Cl. The van der Waals surface area contributed by atoms with Crippen molar-refractivity contribution in [3.05, 3.63) is 16.1 Å². The summed E-state index contributed by atoms with van der Waals surface area (Å²) in [5, 5.41) is 7.40. The lowest BCUT2D eigenvalue weighted by Crippen LogP contribution is -2.33. The highest BCUT2D eigenvalue weighted by Crippen LogP contribution is 2.29. The Morgan fingerprint density at radius 2 is 1.89 bits per heavy atom. The maximum absolute atomic E-state index is 6.15. The summed E-state index contributed by atoms with van der Waals surface area (Å²) in [6.45, 7) is 3.23.